The minimum atomic E-state index is -0.122. The van der Waals surface area contributed by atoms with Crippen molar-refractivity contribution in [1.29, 1.82) is 0 Å². The Morgan fingerprint density at radius 2 is 2.36 bits per heavy atom. The molecule has 0 aliphatic carbocycles. The minimum Gasteiger partial charge on any atom is -0.314 e. The van der Waals surface area contributed by atoms with E-state index in [-0.39, 0.29) is 5.82 Å². The highest BCUT2D eigenvalue weighted by Gasteiger charge is 2.15. The summed E-state index contributed by atoms with van der Waals surface area (Å²) in [6, 6.07) is 5.60. The zero-order valence-corrected chi connectivity index (χ0v) is 8.52. The van der Waals surface area contributed by atoms with Crippen LogP contribution in [-0.2, 0) is 6.42 Å². The van der Waals surface area contributed by atoms with Gasteiger partial charge in [-0.1, -0.05) is 6.07 Å². The van der Waals surface area contributed by atoms with Crippen LogP contribution in [-0.4, -0.2) is 12.6 Å². The molecular formula is C12H16FN. The van der Waals surface area contributed by atoms with Gasteiger partial charge in [-0.05, 0) is 56.0 Å². The second-order valence-corrected chi connectivity index (χ2v) is 4.07. The SMILES string of the molecule is Cc1ccc(F)cc1CC1CCCN1. The molecule has 1 aromatic carbocycles. The number of benzene rings is 1. The van der Waals surface area contributed by atoms with E-state index in [1.807, 2.05) is 13.0 Å². The molecule has 0 aromatic heterocycles. The average molecular weight is 193 g/mol. The van der Waals surface area contributed by atoms with E-state index >= 15 is 0 Å². The number of halogens is 1. The fraction of sp³-hybridized carbons (Fsp3) is 0.500. The third-order valence-corrected chi connectivity index (χ3v) is 2.94. The van der Waals surface area contributed by atoms with Gasteiger partial charge in [0.2, 0.25) is 0 Å². The Labute approximate surface area is 84.3 Å². The molecule has 0 radical (unpaired) electrons. The Hall–Kier alpha value is -0.890. The van der Waals surface area contributed by atoms with Crippen molar-refractivity contribution in [2.45, 2.75) is 32.2 Å². The summed E-state index contributed by atoms with van der Waals surface area (Å²) in [4.78, 5) is 0. The van der Waals surface area contributed by atoms with Gasteiger partial charge in [0.05, 0.1) is 0 Å². The molecule has 1 fully saturated rings. The van der Waals surface area contributed by atoms with Crippen molar-refractivity contribution in [1.82, 2.24) is 5.32 Å². The van der Waals surface area contributed by atoms with Crippen molar-refractivity contribution < 1.29 is 4.39 Å². The minimum absolute atomic E-state index is 0.122. The van der Waals surface area contributed by atoms with Crippen LogP contribution >= 0.6 is 0 Å². The molecule has 1 aromatic rings. The Bertz CT molecular complexity index is 316. The van der Waals surface area contributed by atoms with Crippen LogP contribution in [0.4, 0.5) is 4.39 Å². The molecule has 1 aliphatic rings. The summed E-state index contributed by atoms with van der Waals surface area (Å²) in [7, 11) is 0. The number of aryl methyl sites for hydroxylation is 1. The maximum Gasteiger partial charge on any atom is 0.123 e. The number of rotatable bonds is 2. The Morgan fingerprint density at radius 3 is 3.07 bits per heavy atom. The van der Waals surface area contributed by atoms with Gasteiger partial charge < -0.3 is 5.32 Å². The lowest BCUT2D eigenvalue weighted by atomic mass is 10.0. The zero-order valence-electron chi connectivity index (χ0n) is 8.52. The van der Waals surface area contributed by atoms with E-state index in [0.29, 0.717) is 6.04 Å². The molecule has 1 heterocycles. The second kappa shape index (κ2) is 4.09. The van der Waals surface area contributed by atoms with Crippen molar-refractivity contribution in [2.24, 2.45) is 0 Å². The molecule has 1 unspecified atom stereocenters. The Kier molecular flexibility index (Phi) is 2.82. The topological polar surface area (TPSA) is 12.0 Å². The van der Waals surface area contributed by atoms with E-state index in [9.17, 15) is 4.39 Å². The van der Waals surface area contributed by atoms with E-state index in [1.54, 1.807) is 6.07 Å². The highest BCUT2D eigenvalue weighted by atomic mass is 19.1. The average Bonchev–Trinajstić information content (AvgIpc) is 2.64. The van der Waals surface area contributed by atoms with Gasteiger partial charge in [0.25, 0.3) is 0 Å². The third-order valence-electron chi connectivity index (χ3n) is 2.94. The first-order valence-corrected chi connectivity index (χ1v) is 5.24. The number of hydrogen-bond acceptors (Lipinski definition) is 1. The summed E-state index contributed by atoms with van der Waals surface area (Å²) in [5.41, 5.74) is 2.34. The highest BCUT2D eigenvalue weighted by Crippen LogP contribution is 2.16. The summed E-state index contributed by atoms with van der Waals surface area (Å²) in [5, 5.41) is 3.43. The lowest BCUT2D eigenvalue weighted by Gasteiger charge is -2.12. The molecule has 1 atom stereocenters. The molecule has 1 nitrogen and oxygen atoms in total. The van der Waals surface area contributed by atoms with Crippen molar-refractivity contribution in [2.75, 3.05) is 6.54 Å². The molecule has 1 aliphatic heterocycles. The van der Waals surface area contributed by atoms with Gasteiger partial charge in [-0.25, -0.2) is 4.39 Å². The highest BCUT2D eigenvalue weighted by molar-refractivity contribution is 5.27. The molecule has 0 saturated carbocycles. The van der Waals surface area contributed by atoms with Crippen molar-refractivity contribution in [3.63, 3.8) is 0 Å². The monoisotopic (exact) mass is 193 g/mol. The van der Waals surface area contributed by atoms with Gasteiger partial charge in [-0.2, -0.15) is 0 Å². The number of hydrogen-bond donors (Lipinski definition) is 1. The summed E-state index contributed by atoms with van der Waals surface area (Å²) in [6.07, 6.45) is 3.43. The fourth-order valence-corrected chi connectivity index (χ4v) is 2.06. The summed E-state index contributed by atoms with van der Waals surface area (Å²) in [5.74, 6) is -0.122. The van der Waals surface area contributed by atoms with Gasteiger partial charge in [-0.15, -0.1) is 0 Å². The normalized spacial score (nSPS) is 21.4. The predicted molar refractivity (Wildman–Crippen MR) is 55.9 cm³/mol. The van der Waals surface area contributed by atoms with Crippen LogP contribution in [0.3, 0.4) is 0 Å². The molecule has 1 saturated heterocycles. The van der Waals surface area contributed by atoms with E-state index in [2.05, 4.69) is 5.32 Å². The molecular weight excluding hydrogens is 177 g/mol. The first-order valence-electron chi connectivity index (χ1n) is 5.24. The predicted octanol–water partition coefficient (Wildman–Crippen LogP) is 2.43. The molecule has 0 spiro atoms. The lowest BCUT2D eigenvalue weighted by Crippen LogP contribution is -2.24. The Morgan fingerprint density at radius 1 is 1.50 bits per heavy atom. The summed E-state index contributed by atoms with van der Waals surface area (Å²) < 4.78 is 13.0. The van der Waals surface area contributed by atoms with E-state index in [0.717, 1.165) is 18.5 Å². The molecule has 2 rings (SSSR count). The summed E-state index contributed by atoms with van der Waals surface area (Å²) in [6.45, 7) is 3.16. The Balaban J connectivity index is 2.10. The van der Waals surface area contributed by atoms with Crippen LogP contribution in [0.25, 0.3) is 0 Å². The van der Waals surface area contributed by atoms with E-state index in [1.165, 1.54) is 24.5 Å². The standard InChI is InChI=1S/C12H16FN/c1-9-4-5-11(13)7-10(9)8-12-3-2-6-14-12/h4-5,7,12,14H,2-3,6,8H2,1H3. The van der Waals surface area contributed by atoms with Crippen LogP contribution in [0.15, 0.2) is 18.2 Å². The molecule has 76 valence electrons. The summed E-state index contributed by atoms with van der Waals surface area (Å²) >= 11 is 0. The third kappa shape index (κ3) is 2.13. The number of nitrogens with one attached hydrogen (secondary N) is 1. The van der Waals surface area contributed by atoms with Crippen LogP contribution in [0.1, 0.15) is 24.0 Å². The van der Waals surface area contributed by atoms with Crippen molar-refractivity contribution >= 4 is 0 Å². The largest absolute Gasteiger partial charge is 0.314 e. The van der Waals surface area contributed by atoms with Gasteiger partial charge >= 0.3 is 0 Å². The van der Waals surface area contributed by atoms with Crippen LogP contribution < -0.4 is 5.32 Å². The first kappa shape index (κ1) is 9.66. The lowest BCUT2D eigenvalue weighted by molar-refractivity contribution is 0.591. The van der Waals surface area contributed by atoms with Gasteiger partial charge in [0.15, 0.2) is 0 Å². The van der Waals surface area contributed by atoms with E-state index < -0.39 is 0 Å². The van der Waals surface area contributed by atoms with Gasteiger partial charge in [0, 0.05) is 6.04 Å². The molecule has 0 amide bonds. The second-order valence-electron chi connectivity index (χ2n) is 4.07. The maximum absolute atomic E-state index is 13.0. The van der Waals surface area contributed by atoms with Crippen LogP contribution in [0, 0.1) is 12.7 Å². The quantitative estimate of drug-likeness (QED) is 0.760. The smallest absolute Gasteiger partial charge is 0.123 e. The molecule has 2 heteroatoms. The van der Waals surface area contributed by atoms with Gasteiger partial charge in [-0.3, -0.25) is 0 Å². The molecule has 1 N–H and O–H groups in total. The van der Waals surface area contributed by atoms with E-state index in [4.69, 9.17) is 0 Å². The van der Waals surface area contributed by atoms with Crippen molar-refractivity contribution in [3.05, 3.63) is 35.1 Å². The first-order chi connectivity index (χ1) is 6.75. The molecule has 0 bridgehead atoms. The van der Waals surface area contributed by atoms with Gasteiger partial charge in [0.1, 0.15) is 5.82 Å². The van der Waals surface area contributed by atoms with Crippen molar-refractivity contribution in [3.8, 4) is 0 Å². The van der Waals surface area contributed by atoms with Crippen LogP contribution in [0.5, 0.6) is 0 Å². The fourth-order valence-electron chi connectivity index (χ4n) is 2.06. The zero-order chi connectivity index (χ0) is 9.97. The van der Waals surface area contributed by atoms with Crippen LogP contribution in [0.2, 0.25) is 0 Å². The maximum atomic E-state index is 13.0. The molecule has 14 heavy (non-hydrogen) atoms.